The maximum atomic E-state index is 11.4. The summed E-state index contributed by atoms with van der Waals surface area (Å²) in [5, 5.41) is 8.72. The Morgan fingerprint density at radius 1 is 1.38 bits per heavy atom. The number of rotatable bonds is 6. The molecule has 21 heavy (non-hydrogen) atoms. The lowest BCUT2D eigenvalue weighted by Gasteiger charge is -2.07. The Morgan fingerprint density at radius 3 is 2.90 bits per heavy atom. The molecule has 0 fully saturated rings. The van der Waals surface area contributed by atoms with Crippen LogP contribution in [0.2, 0.25) is 0 Å². The fourth-order valence-corrected chi connectivity index (χ4v) is 1.90. The molecule has 0 amide bonds. The van der Waals surface area contributed by atoms with Crippen molar-refractivity contribution in [3.63, 3.8) is 0 Å². The first kappa shape index (κ1) is 14.8. The third-order valence-electron chi connectivity index (χ3n) is 2.77. The molecule has 1 aromatic carbocycles. The first-order chi connectivity index (χ1) is 10.0. The van der Waals surface area contributed by atoms with Crippen LogP contribution in [0.4, 0.5) is 0 Å². The number of nitrogens with zero attached hydrogens (tertiary/aromatic N) is 1. The second kappa shape index (κ2) is 6.69. The van der Waals surface area contributed by atoms with Crippen LogP contribution >= 0.6 is 0 Å². The highest BCUT2D eigenvalue weighted by atomic mass is 16.5. The van der Waals surface area contributed by atoms with Crippen molar-refractivity contribution >= 4 is 5.97 Å². The molecule has 2 aromatic rings. The smallest absolute Gasteiger partial charge is 0.309 e. The topological polar surface area (TPSA) is 92.3 Å². The number of aromatic nitrogens is 2. The summed E-state index contributed by atoms with van der Waals surface area (Å²) >= 11 is 0. The average Bonchev–Trinajstić information content (AvgIpc) is 2.37. The van der Waals surface area contributed by atoms with Crippen LogP contribution in [-0.2, 0) is 17.6 Å². The van der Waals surface area contributed by atoms with Gasteiger partial charge in [0.05, 0.1) is 18.7 Å². The molecule has 0 aliphatic heterocycles. The molecule has 110 valence electrons. The SMILES string of the molecule is Cc1cccc(OCCc2nc(CC(=O)O)cc(=O)[nH]2)c1. The first-order valence-electron chi connectivity index (χ1n) is 6.53. The fraction of sp³-hybridized carbons (Fsp3) is 0.267. The zero-order valence-corrected chi connectivity index (χ0v) is 11.6. The number of carboxylic acid groups (broad SMARTS) is 1. The summed E-state index contributed by atoms with van der Waals surface area (Å²) in [5.41, 5.74) is 0.992. The van der Waals surface area contributed by atoms with Gasteiger partial charge in [-0.2, -0.15) is 0 Å². The summed E-state index contributed by atoms with van der Waals surface area (Å²) < 4.78 is 5.57. The quantitative estimate of drug-likeness (QED) is 0.836. The minimum absolute atomic E-state index is 0.247. The Labute approximate surface area is 121 Å². The van der Waals surface area contributed by atoms with E-state index in [1.54, 1.807) is 0 Å². The van der Waals surface area contributed by atoms with Gasteiger partial charge in [-0.25, -0.2) is 4.98 Å². The number of aryl methyl sites for hydroxylation is 1. The molecule has 0 aliphatic rings. The highest BCUT2D eigenvalue weighted by molar-refractivity contribution is 5.69. The van der Waals surface area contributed by atoms with E-state index in [1.807, 2.05) is 31.2 Å². The largest absolute Gasteiger partial charge is 0.493 e. The van der Waals surface area contributed by atoms with Crippen molar-refractivity contribution in [3.8, 4) is 5.75 Å². The lowest BCUT2D eigenvalue weighted by molar-refractivity contribution is -0.136. The van der Waals surface area contributed by atoms with Gasteiger partial charge in [-0.3, -0.25) is 9.59 Å². The second-order valence-electron chi connectivity index (χ2n) is 4.67. The standard InChI is InChI=1S/C15H16N2O4/c1-10-3-2-4-12(7-10)21-6-5-13-16-11(9-15(19)20)8-14(18)17-13/h2-4,7-8H,5-6,9H2,1H3,(H,19,20)(H,16,17,18). The second-order valence-corrected chi connectivity index (χ2v) is 4.67. The van der Waals surface area contributed by atoms with E-state index in [-0.39, 0.29) is 17.7 Å². The maximum absolute atomic E-state index is 11.4. The molecule has 0 saturated heterocycles. The normalized spacial score (nSPS) is 10.3. The first-order valence-corrected chi connectivity index (χ1v) is 6.53. The van der Waals surface area contributed by atoms with E-state index >= 15 is 0 Å². The van der Waals surface area contributed by atoms with E-state index in [4.69, 9.17) is 9.84 Å². The van der Waals surface area contributed by atoms with Gasteiger partial charge in [0.25, 0.3) is 5.56 Å². The number of carbonyl (C=O) groups is 1. The van der Waals surface area contributed by atoms with Gasteiger partial charge < -0.3 is 14.8 Å². The van der Waals surface area contributed by atoms with Crippen molar-refractivity contribution in [1.29, 1.82) is 0 Å². The van der Waals surface area contributed by atoms with Crippen LogP contribution in [0.25, 0.3) is 0 Å². The van der Waals surface area contributed by atoms with Crippen LogP contribution in [-0.4, -0.2) is 27.7 Å². The third kappa shape index (κ3) is 4.76. The number of ether oxygens (including phenoxy) is 1. The van der Waals surface area contributed by atoms with E-state index in [0.29, 0.717) is 18.9 Å². The highest BCUT2D eigenvalue weighted by Gasteiger charge is 2.06. The van der Waals surface area contributed by atoms with Gasteiger partial charge in [-0.15, -0.1) is 0 Å². The van der Waals surface area contributed by atoms with E-state index in [0.717, 1.165) is 11.3 Å². The molecule has 0 spiro atoms. The van der Waals surface area contributed by atoms with Crippen molar-refractivity contribution in [2.24, 2.45) is 0 Å². The Bertz CT molecular complexity index is 694. The summed E-state index contributed by atoms with van der Waals surface area (Å²) in [6.07, 6.45) is 0.131. The molecule has 0 saturated carbocycles. The van der Waals surface area contributed by atoms with E-state index in [9.17, 15) is 9.59 Å². The van der Waals surface area contributed by atoms with Crippen LogP contribution in [0.3, 0.4) is 0 Å². The average molecular weight is 288 g/mol. The molecule has 6 heteroatoms. The van der Waals surface area contributed by atoms with Crippen molar-refractivity contribution in [3.05, 3.63) is 57.8 Å². The highest BCUT2D eigenvalue weighted by Crippen LogP contribution is 2.12. The molecular formula is C15H16N2O4. The predicted molar refractivity (Wildman–Crippen MR) is 76.6 cm³/mol. The molecule has 6 nitrogen and oxygen atoms in total. The van der Waals surface area contributed by atoms with Crippen molar-refractivity contribution in [2.45, 2.75) is 19.8 Å². The van der Waals surface area contributed by atoms with Crippen LogP contribution in [0.15, 0.2) is 35.1 Å². The zero-order valence-electron chi connectivity index (χ0n) is 11.6. The van der Waals surface area contributed by atoms with E-state index in [1.165, 1.54) is 6.07 Å². The van der Waals surface area contributed by atoms with Crippen molar-refractivity contribution < 1.29 is 14.6 Å². The van der Waals surface area contributed by atoms with Crippen molar-refractivity contribution in [1.82, 2.24) is 9.97 Å². The predicted octanol–water partition coefficient (Wildman–Crippen LogP) is 1.33. The molecule has 0 bridgehead atoms. The number of hydrogen-bond acceptors (Lipinski definition) is 4. The van der Waals surface area contributed by atoms with Gasteiger partial charge >= 0.3 is 5.97 Å². The third-order valence-corrected chi connectivity index (χ3v) is 2.77. The van der Waals surface area contributed by atoms with Crippen molar-refractivity contribution in [2.75, 3.05) is 6.61 Å². The number of H-pyrrole nitrogens is 1. The molecule has 2 N–H and O–H groups in total. The summed E-state index contributed by atoms with van der Waals surface area (Å²) in [5.74, 6) is 0.153. The maximum Gasteiger partial charge on any atom is 0.309 e. The lowest BCUT2D eigenvalue weighted by Crippen LogP contribution is -2.16. The monoisotopic (exact) mass is 288 g/mol. The number of hydrogen-bond donors (Lipinski definition) is 2. The summed E-state index contributed by atoms with van der Waals surface area (Å²) in [6.45, 7) is 2.32. The van der Waals surface area contributed by atoms with Gasteiger partial charge in [-0.1, -0.05) is 12.1 Å². The number of nitrogens with one attached hydrogen (secondary N) is 1. The Kier molecular flexibility index (Phi) is 4.71. The Hall–Kier alpha value is -2.63. The van der Waals surface area contributed by atoms with Crippen LogP contribution in [0.1, 0.15) is 17.1 Å². The van der Waals surface area contributed by atoms with E-state index in [2.05, 4.69) is 9.97 Å². The summed E-state index contributed by atoms with van der Waals surface area (Å²) in [7, 11) is 0. The number of carboxylic acids is 1. The zero-order chi connectivity index (χ0) is 15.2. The molecule has 1 aromatic heterocycles. The van der Waals surface area contributed by atoms with Gasteiger partial charge in [0.15, 0.2) is 0 Å². The van der Waals surface area contributed by atoms with Gasteiger partial charge in [0.2, 0.25) is 0 Å². The Morgan fingerprint density at radius 2 is 2.19 bits per heavy atom. The number of benzene rings is 1. The van der Waals surface area contributed by atoms with Gasteiger partial charge in [-0.05, 0) is 24.6 Å². The molecule has 2 rings (SSSR count). The molecule has 1 heterocycles. The molecule has 0 radical (unpaired) electrons. The van der Waals surface area contributed by atoms with E-state index < -0.39 is 5.97 Å². The van der Waals surface area contributed by atoms with Crippen LogP contribution < -0.4 is 10.3 Å². The minimum atomic E-state index is -1.02. The number of aromatic amines is 1. The molecule has 0 unspecified atom stereocenters. The molecular weight excluding hydrogens is 272 g/mol. The van der Waals surface area contributed by atoms with Crippen LogP contribution in [0.5, 0.6) is 5.75 Å². The lowest BCUT2D eigenvalue weighted by atomic mass is 10.2. The summed E-state index contributed by atoms with van der Waals surface area (Å²) in [4.78, 5) is 28.8. The Balaban J connectivity index is 1.98. The van der Waals surface area contributed by atoms with Gasteiger partial charge in [0.1, 0.15) is 11.6 Å². The summed E-state index contributed by atoms with van der Waals surface area (Å²) in [6, 6.07) is 8.83. The number of aliphatic carboxylic acids is 1. The van der Waals surface area contributed by atoms with Gasteiger partial charge in [0, 0.05) is 12.5 Å². The fourth-order valence-electron chi connectivity index (χ4n) is 1.90. The van der Waals surface area contributed by atoms with Crippen LogP contribution in [0, 0.1) is 6.92 Å². The molecule has 0 atom stereocenters. The minimum Gasteiger partial charge on any atom is -0.493 e. The molecule has 0 aliphatic carbocycles.